The summed E-state index contributed by atoms with van der Waals surface area (Å²) >= 11 is 17.4. The third-order valence-corrected chi connectivity index (χ3v) is 14.2. The molecule has 2 heterocycles. The SMILES string of the molecule is BrCCCCc1cccc(C2OCCO2)c1.CCCCCCCCOc1cc(Br)c(O)cc1Br.CCCCCCCCOc1cc(Br)c(OCCCCc2cccc(C3OCCO3)c2)cc1Br. The highest BCUT2D eigenvalue weighted by molar-refractivity contribution is 9.11. The van der Waals surface area contributed by atoms with E-state index in [1.165, 1.54) is 88.2 Å². The Balaban J connectivity index is 0.000000242. The summed E-state index contributed by atoms with van der Waals surface area (Å²) in [6, 6.07) is 24.4. The zero-order valence-corrected chi connectivity index (χ0v) is 47.6. The lowest BCUT2D eigenvalue weighted by Gasteiger charge is -2.13. The number of rotatable bonds is 28. The third-order valence-electron chi connectivity index (χ3n) is 11.2. The number of benzene rings is 4. The molecular formula is C54H73Br5O8. The number of aryl methyl sites for hydroxylation is 2. The summed E-state index contributed by atoms with van der Waals surface area (Å²) in [5, 5.41) is 10.6. The van der Waals surface area contributed by atoms with Crippen LogP contribution in [0.3, 0.4) is 0 Å². The van der Waals surface area contributed by atoms with Crippen molar-refractivity contribution >= 4 is 79.6 Å². The van der Waals surface area contributed by atoms with Crippen LogP contribution < -0.4 is 14.2 Å². The molecule has 4 aromatic rings. The van der Waals surface area contributed by atoms with Gasteiger partial charge in [-0.05, 0) is 150 Å². The van der Waals surface area contributed by atoms with Gasteiger partial charge in [-0.15, -0.1) is 0 Å². The zero-order chi connectivity index (χ0) is 47.9. The smallest absolute Gasteiger partial charge is 0.184 e. The van der Waals surface area contributed by atoms with E-state index in [9.17, 15) is 5.11 Å². The monoisotopic (exact) mass is 1240 g/mol. The van der Waals surface area contributed by atoms with E-state index < -0.39 is 0 Å². The number of halogens is 5. The predicted molar refractivity (Wildman–Crippen MR) is 290 cm³/mol. The molecule has 2 saturated heterocycles. The maximum atomic E-state index is 9.48. The van der Waals surface area contributed by atoms with Crippen LogP contribution >= 0.6 is 79.6 Å². The number of phenols is 1. The fourth-order valence-corrected chi connectivity index (χ4v) is 9.46. The van der Waals surface area contributed by atoms with Gasteiger partial charge in [0.2, 0.25) is 0 Å². The van der Waals surface area contributed by atoms with Gasteiger partial charge in [0.05, 0.1) is 64.1 Å². The second kappa shape index (κ2) is 35.4. The molecule has 1 N–H and O–H groups in total. The van der Waals surface area contributed by atoms with Gasteiger partial charge < -0.3 is 38.3 Å². The molecule has 2 fully saturated rings. The molecule has 0 spiro atoms. The average Bonchev–Trinajstić information content (AvgIpc) is 4.09. The Morgan fingerprint density at radius 2 is 0.836 bits per heavy atom. The summed E-state index contributed by atoms with van der Waals surface area (Å²) in [7, 11) is 0. The van der Waals surface area contributed by atoms with E-state index in [1.54, 1.807) is 12.1 Å². The van der Waals surface area contributed by atoms with Crippen LogP contribution in [0.5, 0.6) is 23.0 Å². The van der Waals surface area contributed by atoms with Crippen LogP contribution in [0.1, 0.15) is 151 Å². The van der Waals surface area contributed by atoms with Gasteiger partial charge in [-0.25, -0.2) is 0 Å². The Morgan fingerprint density at radius 3 is 1.27 bits per heavy atom. The van der Waals surface area contributed by atoms with Crippen molar-refractivity contribution in [1.29, 1.82) is 0 Å². The second-order valence-corrected chi connectivity index (χ2v) is 21.0. The molecule has 0 bridgehead atoms. The van der Waals surface area contributed by atoms with Gasteiger partial charge in [-0.1, -0.05) is 143 Å². The molecule has 2 aliphatic rings. The highest BCUT2D eigenvalue weighted by Gasteiger charge is 2.19. The maximum Gasteiger partial charge on any atom is 0.184 e. The summed E-state index contributed by atoms with van der Waals surface area (Å²) < 4.78 is 43.2. The summed E-state index contributed by atoms with van der Waals surface area (Å²) in [4.78, 5) is 0. The van der Waals surface area contributed by atoms with Crippen molar-refractivity contribution in [3.63, 3.8) is 0 Å². The lowest BCUT2D eigenvalue weighted by atomic mass is 10.1. The van der Waals surface area contributed by atoms with Crippen molar-refractivity contribution in [2.75, 3.05) is 51.6 Å². The number of unbranched alkanes of at least 4 members (excludes halogenated alkanes) is 12. The summed E-state index contributed by atoms with van der Waals surface area (Å²) in [5.74, 6) is 2.69. The van der Waals surface area contributed by atoms with Crippen molar-refractivity contribution in [2.45, 2.75) is 142 Å². The number of aromatic hydroxyl groups is 1. The van der Waals surface area contributed by atoms with E-state index in [-0.39, 0.29) is 18.3 Å². The normalized spacial score (nSPS) is 13.8. The van der Waals surface area contributed by atoms with Gasteiger partial charge in [0.15, 0.2) is 12.6 Å². The average molecular weight is 1250 g/mol. The quantitative estimate of drug-likeness (QED) is 0.0445. The highest BCUT2D eigenvalue weighted by atomic mass is 79.9. The van der Waals surface area contributed by atoms with Crippen molar-refractivity contribution in [3.8, 4) is 23.0 Å². The number of alkyl halides is 1. The van der Waals surface area contributed by atoms with Crippen LogP contribution in [-0.4, -0.2) is 56.7 Å². The lowest BCUT2D eigenvalue weighted by molar-refractivity contribution is -0.0443. The van der Waals surface area contributed by atoms with E-state index in [0.717, 1.165) is 98.9 Å². The standard InChI is InChI=1S/C27H36Br2O4.C14H20Br2O2.C13H17BrO2/c1-2-3-4-5-6-8-14-30-25-19-24(29)26(20-23(25)28)31-15-9-7-11-21-12-10-13-22(18-21)27-32-16-17-33-27;1-2-3-4-5-6-7-8-18-14-10-11(15)13(17)9-12(14)16;14-7-2-1-4-11-5-3-6-12(10-11)13-15-8-9-16-13/h10,12-13,18-20,27H,2-9,11,14-17H2,1H3;9-10,17H,2-8H2,1H3;3,5-6,10,13H,1-2,4,7-9H2. The Labute approximate surface area is 443 Å². The minimum absolute atomic E-state index is 0.142. The first-order valence-electron chi connectivity index (χ1n) is 24.5. The molecule has 0 amide bonds. The Morgan fingerprint density at radius 1 is 0.463 bits per heavy atom. The molecule has 0 aromatic heterocycles. The van der Waals surface area contributed by atoms with Gasteiger partial charge in [0, 0.05) is 16.5 Å². The van der Waals surface area contributed by atoms with Crippen molar-refractivity contribution < 1.29 is 38.3 Å². The van der Waals surface area contributed by atoms with E-state index in [1.807, 2.05) is 12.1 Å². The summed E-state index contributed by atoms with van der Waals surface area (Å²) in [5.41, 5.74) is 4.93. The second-order valence-electron chi connectivity index (χ2n) is 16.8. The topological polar surface area (TPSA) is 84.8 Å². The lowest BCUT2D eigenvalue weighted by Crippen LogP contribution is -2.02. The summed E-state index contributed by atoms with van der Waals surface area (Å²) in [6.07, 6.45) is 21.4. The third kappa shape index (κ3) is 23.4. The van der Waals surface area contributed by atoms with Crippen molar-refractivity contribution in [2.24, 2.45) is 0 Å². The van der Waals surface area contributed by atoms with Gasteiger partial charge in [-0.2, -0.15) is 0 Å². The fourth-order valence-electron chi connectivity index (χ4n) is 7.42. The fraction of sp³-hybridized carbons (Fsp3) is 0.556. The van der Waals surface area contributed by atoms with Gasteiger partial charge in [0.25, 0.3) is 0 Å². The number of hydrogen-bond donors (Lipinski definition) is 1. The minimum Gasteiger partial charge on any atom is -0.507 e. The molecule has 8 nitrogen and oxygen atoms in total. The molecule has 0 radical (unpaired) electrons. The Bertz CT molecular complexity index is 1940. The van der Waals surface area contributed by atoms with Gasteiger partial charge >= 0.3 is 0 Å². The van der Waals surface area contributed by atoms with E-state index in [2.05, 4.69) is 142 Å². The summed E-state index contributed by atoms with van der Waals surface area (Å²) in [6.45, 7) is 9.38. The van der Waals surface area contributed by atoms with E-state index in [4.69, 9.17) is 33.2 Å². The molecule has 0 atom stereocenters. The largest absolute Gasteiger partial charge is 0.507 e. The van der Waals surface area contributed by atoms with Crippen molar-refractivity contribution in [3.05, 3.63) is 113 Å². The zero-order valence-electron chi connectivity index (χ0n) is 39.7. The van der Waals surface area contributed by atoms with Crippen LogP contribution in [0.2, 0.25) is 0 Å². The minimum atomic E-state index is -0.207. The molecule has 0 unspecified atom stereocenters. The molecule has 13 heteroatoms. The highest BCUT2D eigenvalue weighted by Crippen LogP contribution is 2.37. The van der Waals surface area contributed by atoms with Crippen LogP contribution in [-0.2, 0) is 31.8 Å². The van der Waals surface area contributed by atoms with Gasteiger partial charge in [0.1, 0.15) is 23.0 Å². The molecule has 2 aliphatic heterocycles. The Hall–Kier alpha value is -1.68. The first-order chi connectivity index (χ1) is 32.7. The van der Waals surface area contributed by atoms with E-state index in [0.29, 0.717) is 37.5 Å². The molecule has 372 valence electrons. The predicted octanol–water partition coefficient (Wildman–Crippen LogP) is 17.5. The van der Waals surface area contributed by atoms with Crippen molar-refractivity contribution in [1.82, 2.24) is 0 Å². The van der Waals surface area contributed by atoms with E-state index >= 15 is 0 Å². The van der Waals surface area contributed by atoms with Crippen LogP contribution in [0.4, 0.5) is 0 Å². The molecule has 67 heavy (non-hydrogen) atoms. The number of ether oxygens (including phenoxy) is 7. The molecule has 0 saturated carbocycles. The molecule has 6 rings (SSSR count). The first kappa shape index (κ1) is 57.9. The molecule has 4 aromatic carbocycles. The number of hydrogen-bond acceptors (Lipinski definition) is 8. The van der Waals surface area contributed by atoms with Crippen LogP contribution in [0.25, 0.3) is 0 Å². The van der Waals surface area contributed by atoms with Crippen LogP contribution in [0.15, 0.2) is 90.7 Å². The molecular weight excluding hydrogens is 1180 g/mol. The number of phenolic OH excluding ortho intramolecular Hbond substituents is 1. The van der Waals surface area contributed by atoms with Crippen LogP contribution in [0, 0.1) is 0 Å². The van der Waals surface area contributed by atoms with Gasteiger partial charge in [-0.3, -0.25) is 0 Å². The maximum absolute atomic E-state index is 9.48. The first-order valence-corrected chi connectivity index (χ1v) is 28.8. The Kier molecular flexibility index (Phi) is 30.6. The molecule has 0 aliphatic carbocycles.